The zero-order valence-corrected chi connectivity index (χ0v) is 18.0. The summed E-state index contributed by atoms with van der Waals surface area (Å²) >= 11 is 0. The quantitative estimate of drug-likeness (QED) is 0.462. The molecule has 0 N–H and O–H groups in total. The lowest BCUT2D eigenvalue weighted by Crippen LogP contribution is -2.49. The first-order valence-corrected chi connectivity index (χ1v) is 10.5. The number of nitriles is 1. The first-order chi connectivity index (χ1) is 16.1. The van der Waals surface area contributed by atoms with Gasteiger partial charge in [0.2, 0.25) is 0 Å². The molecular weight excluding hydrogens is 422 g/mol. The van der Waals surface area contributed by atoms with Crippen molar-refractivity contribution in [1.29, 1.82) is 5.26 Å². The van der Waals surface area contributed by atoms with Gasteiger partial charge < -0.3 is 19.0 Å². The maximum Gasteiger partial charge on any atom is 0.289 e. The molecule has 0 radical (unpaired) electrons. The van der Waals surface area contributed by atoms with Crippen molar-refractivity contribution in [3.63, 3.8) is 0 Å². The number of furan rings is 1. The molecule has 1 amide bonds. The third kappa shape index (κ3) is 4.08. The highest BCUT2D eigenvalue weighted by Crippen LogP contribution is 2.21. The monoisotopic (exact) mass is 443 g/mol. The van der Waals surface area contributed by atoms with Crippen LogP contribution in [0.25, 0.3) is 5.78 Å². The van der Waals surface area contributed by atoms with Gasteiger partial charge in [0.25, 0.3) is 11.7 Å². The van der Waals surface area contributed by atoms with Gasteiger partial charge in [-0.1, -0.05) is 12.1 Å². The van der Waals surface area contributed by atoms with Crippen molar-refractivity contribution in [2.45, 2.75) is 13.5 Å². The Morgan fingerprint density at radius 3 is 2.82 bits per heavy atom. The molecule has 0 bridgehead atoms. The van der Waals surface area contributed by atoms with Crippen molar-refractivity contribution in [2.75, 3.05) is 31.1 Å². The predicted molar refractivity (Wildman–Crippen MR) is 118 cm³/mol. The number of hydrogen-bond acceptors (Lipinski definition) is 8. The van der Waals surface area contributed by atoms with Crippen LogP contribution in [0.4, 0.5) is 5.82 Å². The van der Waals surface area contributed by atoms with Gasteiger partial charge in [0.05, 0.1) is 5.56 Å². The topological polar surface area (TPSA) is 113 Å². The fraction of sp³-hybridized carbons (Fsp3) is 0.261. The molecule has 1 aromatic carbocycles. The van der Waals surface area contributed by atoms with Crippen LogP contribution in [0.15, 0.2) is 53.2 Å². The third-order valence-corrected chi connectivity index (χ3v) is 5.50. The maximum absolute atomic E-state index is 12.9. The molecule has 10 nitrogen and oxygen atoms in total. The van der Waals surface area contributed by atoms with Crippen molar-refractivity contribution in [3.05, 3.63) is 71.6 Å². The van der Waals surface area contributed by atoms with E-state index in [0.29, 0.717) is 49.0 Å². The average Bonchev–Trinajstić information content (AvgIpc) is 3.52. The number of carbonyl (C=O) groups is 1. The Kier molecular flexibility index (Phi) is 5.36. The molecule has 10 heteroatoms. The number of carbonyl (C=O) groups excluding carboxylic acids is 1. The van der Waals surface area contributed by atoms with E-state index in [2.05, 4.69) is 26.0 Å². The van der Waals surface area contributed by atoms with Crippen molar-refractivity contribution in [1.82, 2.24) is 24.5 Å². The molecule has 0 aliphatic carbocycles. The molecule has 0 atom stereocenters. The van der Waals surface area contributed by atoms with Crippen LogP contribution in [0, 0.1) is 18.3 Å². The number of rotatable bonds is 5. The molecule has 33 heavy (non-hydrogen) atoms. The molecule has 1 fully saturated rings. The zero-order valence-electron chi connectivity index (χ0n) is 18.0. The van der Waals surface area contributed by atoms with E-state index >= 15 is 0 Å². The highest BCUT2D eigenvalue weighted by molar-refractivity contribution is 5.91. The van der Waals surface area contributed by atoms with E-state index in [-0.39, 0.29) is 18.3 Å². The number of fused-ring (bicyclic) bond motifs is 1. The Labute approximate surface area is 189 Å². The molecular formula is C23H21N7O3. The summed E-state index contributed by atoms with van der Waals surface area (Å²) in [5.74, 6) is 2.59. The summed E-state index contributed by atoms with van der Waals surface area (Å²) < 4.78 is 13.1. The molecule has 0 unspecified atom stereocenters. The lowest BCUT2D eigenvalue weighted by atomic mass is 10.2. The Bertz CT molecular complexity index is 1350. The van der Waals surface area contributed by atoms with E-state index in [1.807, 2.05) is 13.0 Å². The molecule has 1 aliphatic rings. The number of para-hydroxylation sites is 1. The Balaban J connectivity index is 1.21. The van der Waals surface area contributed by atoms with Crippen molar-refractivity contribution < 1.29 is 13.9 Å². The van der Waals surface area contributed by atoms with Crippen molar-refractivity contribution in [3.8, 4) is 11.8 Å². The van der Waals surface area contributed by atoms with Crippen LogP contribution < -0.4 is 9.64 Å². The minimum atomic E-state index is -0.157. The first-order valence-electron chi connectivity index (χ1n) is 10.5. The van der Waals surface area contributed by atoms with Gasteiger partial charge in [0, 0.05) is 37.9 Å². The molecule has 1 saturated heterocycles. The summed E-state index contributed by atoms with van der Waals surface area (Å²) in [4.78, 5) is 25.5. The summed E-state index contributed by atoms with van der Waals surface area (Å²) in [6.45, 7) is 4.48. The normalized spacial score (nSPS) is 13.8. The summed E-state index contributed by atoms with van der Waals surface area (Å²) in [5, 5.41) is 13.4. The molecule has 0 saturated carbocycles. The Hall–Kier alpha value is -4.39. The van der Waals surface area contributed by atoms with Crippen molar-refractivity contribution >= 4 is 17.5 Å². The summed E-state index contributed by atoms with van der Waals surface area (Å²) in [6.07, 6.45) is 1.49. The lowest BCUT2D eigenvalue weighted by molar-refractivity contribution is 0.0710. The van der Waals surface area contributed by atoms with Gasteiger partial charge >= 0.3 is 0 Å². The van der Waals surface area contributed by atoms with E-state index in [0.717, 1.165) is 11.5 Å². The van der Waals surface area contributed by atoms with E-state index in [9.17, 15) is 4.79 Å². The number of amides is 1. The minimum Gasteiger partial charge on any atom is -0.484 e. The van der Waals surface area contributed by atoms with Gasteiger partial charge in [-0.2, -0.15) is 19.9 Å². The number of aryl methyl sites for hydroxylation is 1. The van der Waals surface area contributed by atoms with Gasteiger partial charge in [-0.05, 0) is 31.2 Å². The number of piperazine rings is 1. The van der Waals surface area contributed by atoms with Crippen LogP contribution in [0.3, 0.4) is 0 Å². The summed E-state index contributed by atoms with van der Waals surface area (Å²) in [5.41, 5.74) is 1.32. The van der Waals surface area contributed by atoms with Gasteiger partial charge in [-0.3, -0.25) is 4.79 Å². The van der Waals surface area contributed by atoms with Crippen LogP contribution >= 0.6 is 0 Å². The number of ether oxygens (including phenoxy) is 1. The van der Waals surface area contributed by atoms with Crippen LogP contribution in [-0.4, -0.2) is 56.6 Å². The fourth-order valence-electron chi connectivity index (χ4n) is 3.84. The smallest absolute Gasteiger partial charge is 0.289 e. The van der Waals surface area contributed by atoms with E-state index in [1.165, 1.54) is 6.33 Å². The number of hydrogen-bond donors (Lipinski definition) is 0. The second kappa shape index (κ2) is 8.63. The average molecular weight is 443 g/mol. The van der Waals surface area contributed by atoms with Gasteiger partial charge in [-0.25, -0.2) is 4.98 Å². The second-order valence-electron chi connectivity index (χ2n) is 7.67. The largest absolute Gasteiger partial charge is 0.484 e. The molecule has 166 valence electrons. The molecule has 3 aromatic heterocycles. The van der Waals surface area contributed by atoms with Crippen LogP contribution in [0.2, 0.25) is 0 Å². The SMILES string of the molecule is Cc1cc(N2CCN(C(=O)c3ccc(COc4ccccc4C#N)o3)CC2)n2ncnc2n1. The van der Waals surface area contributed by atoms with Crippen molar-refractivity contribution in [2.24, 2.45) is 0 Å². The predicted octanol–water partition coefficient (Wildman–Crippen LogP) is 2.44. The first kappa shape index (κ1) is 20.5. The number of anilines is 1. The number of benzene rings is 1. The second-order valence-corrected chi connectivity index (χ2v) is 7.67. The fourth-order valence-corrected chi connectivity index (χ4v) is 3.84. The van der Waals surface area contributed by atoms with Gasteiger partial charge in [0.15, 0.2) is 5.76 Å². The van der Waals surface area contributed by atoms with Crippen LogP contribution in [0.1, 0.15) is 27.6 Å². The number of nitrogens with zero attached hydrogens (tertiary/aromatic N) is 7. The third-order valence-electron chi connectivity index (χ3n) is 5.50. The molecule has 4 aromatic rings. The Morgan fingerprint density at radius 1 is 1.18 bits per heavy atom. The number of aromatic nitrogens is 4. The summed E-state index contributed by atoms with van der Waals surface area (Å²) in [6, 6.07) is 14.4. The van der Waals surface area contributed by atoms with Gasteiger partial charge in [0.1, 0.15) is 36.3 Å². The molecule has 1 aliphatic heterocycles. The highest BCUT2D eigenvalue weighted by Gasteiger charge is 2.26. The highest BCUT2D eigenvalue weighted by atomic mass is 16.5. The zero-order chi connectivity index (χ0) is 22.8. The van der Waals surface area contributed by atoms with E-state index < -0.39 is 0 Å². The van der Waals surface area contributed by atoms with E-state index in [4.69, 9.17) is 14.4 Å². The lowest BCUT2D eigenvalue weighted by Gasteiger charge is -2.35. The summed E-state index contributed by atoms with van der Waals surface area (Å²) in [7, 11) is 0. The van der Waals surface area contributed by atoms with Crippen LogP contribution in [0.5, 0.6) is 5.75 Å². The maximum atomic E-state index is 12.9. The molecule has 4 heterocycles. The molecule has 0 spiro atoms. The van der Waals surface area contributed by atoms with Gasteiger partial charge in [-0.15, -0.1) is 0 Å². The Morgan fingerprint density at radius 2 is 2.00 bits per heavy atom. The minimum absolute atomic E-state index is 0.134. The standard InChI is InChI=1S/C23H21N7O3/c1-16-12-21(30-23(27-16)25-15-26-30)28-8-10-29(11-9-28)22(31)20-7-6-18(33-20)14-32-19-5-3-2-4-17(19)13-24/h2-7,12,15H,8-11,14H2,1H3. The molecule has 5 rings (SSSR count). The van der Waals surface area contributed by atoms with Crippen LogP contribution in [-0.2, 0) is 6.61 Å². The van der Waals surface area contributed by atoms with E-state index in [1.54, 1.807) is 45.8 Å².